The normalized spacial score (nSPS) is 14.3. The Kier molecular flexibility index (Phi) is 5.92. The number of carbonyl (C=O) groups excluding carboxylic acids is 1. The van der Waals surface area contributed by atoms with Crippen LogP contribution in [0.4, 0.5) is 5.69 Å². The zero-order chi connectivity index (χ0) is 19.3. The minimum absolute atomic E-state index is 0.172. The smallest absolute Gasteiger partial charge is 0.233 e. The minimum Gasteiger partial charge on any atom is -0.368 e. The van der Waals surface area contributed by atoms with E-state index in [0.29, 0.717) is 5.75 Å². The molecule has 1 saturated heterocycles. The molecule has 0 saturated carbocycles. The number of piperazine rings is 1. The second-order valence-electron chi connectivity index (χ2n) is 6.69. The summed E-state index contributed by atoms with van der Waals surface area (Å²) < 4.78 is 5.30. The van der Waals surface area contributed by atoms with Crippen molar-refractivity contribution in [2.45, 2.75) is 11.3 Å². The van der Waals surface area contributed by atoms with Crippen molar-refractivity contribution in [3.8, 4) is 11.4 Å². The first kappa shape index (κ1) is 19.0. The van der Waals surface area contributed by atoms with Gasteiger partial charge in [0, 0.05) is 37.4 Å². The van der Waals surface area contributed by atoms with Gasteiger partial charge in [-0.25, -0.2) is 4.98 Å². The average Bonchev–Trinajstić information content (AvgIpc) is 3.22. The molecule has 0 spiro atoms. The SMILES string of the molecule is Cc1ccccc1-c1nsc(SCC(=O)N2CCN(c3ccccc3)CC2)n1. The van der Waals surface area contributed by atoms with Gasteiger partial charge in [-0.1, -0.05) is 54.2 Å². The van der Waals surface area contributed by atoms with Crippen LogP contribution in [0.25, 0.3) is 11.4 Å². The summed E-state index contributed by atoms with van der Waals surface area (Å²) in [5.74, 6) is 1.33. The van der Waals surface area contributed by atoms with Crippen LogP contribution in [0.5, 0.6) is 0 Å². The molecule has 1 aromatic heterocycles. The summed E-state index contributed by atoms with van der Waals surface area (Å²) in [5, 5.41) is 0. The van der Waals surface area contributed by atoms with E-state index in [1.165, 1.54) is 29.0 Å². The van der Waals surface area contributed by atoms with Crippen LogP contribution in [0, 0.1) is 6.92 Å². The number of anilines is 1. The highest BCUT2D eigenvalue weighted by atomic mass is 32.2. The summed E-state index contributed by atoms with van der Waals surface area (Å²) in [7, 11) is 0. The number of aryl methyl sites for hydroxylation is 1. The Balaban J connectivity index is 1.29. The van der Waals surface area contributed by atoms with Crippen molar-refractivity contribution in [1.29, 1.82) is 0 Å². The van der Waals surface area contributed by atoms with Gasteiger partial charge in [0.05, 0.1) is 5.75 Å². The van der Waals surface area contributed by atoms with E-state index in [1.54, 1.807) is 0 Å². The molecular weight excluding hydrogens is 388 g/mol. The third kappa shape index (κ3) is 4.36. The number of nitrogens with zero attached hydrogens (tertiary/aromatic N) is 4. The molecule has 4 rings (SSSR count). The number of hydrogen-bond donors (Lipinski definition) is 0. The zero-order valence-corrected chi connectivity index (χ0v) is 17.4. The van der Waals surface area contributed by atoms with Gasteiger partial charge in [0.25, 0.3) is 0 Å². The van der Waals surface area contributed by atoms with Crippen LogP contribution >= 0.6 is 23.3 Å². The summed E-state index contributed by atoms with van der Waals surface area (Å²) in [6.45, 7) is 5.33. The molecule has 3 aromatic rings. The Morgan fingerprint density at radius 3 is 2.50 bits per heavy atom. The van der Waals surface area contributed by atoms with Gasteiger partial charge in [0.1, 0.15) is 0 Å². The quantitative estimate of drug-likeness (QED) is 0.596. The van der Waals surface area contributed by atoms with Gasteiger partial charge < -0.3 is 9.80 Å². The Morgan fingerprint density at radius 1 is 1.04 bits per heavy atom. The average molecular weight is 411 g/mol. The predicted molar refractivity (Wildman–Crippen MR) is 116 cm³/mol. The Labute approximate surface area is 173 Å². The van der Waals surface area contributed by atoms with Gasteiger partial charge >= 0.3 is 0 Å². The summed E-state index contributed by atoms with van der Waals surface area (Å²) in [6.07, 6.45) is 0. The first-order chi connectivity index (χ1) is 13.7. The number of hydrogen-bond acceptors (Lipinski definition) is 6. The Morgan fingerprint density at radius 2 is 1.75 bits per heavy atom. The number of para-hydroxylation sites is 1. The summed E-state index contributed by atoms with van der Waals surface area (Å²) in [6, 6.07) is 18.5. The molecule has 2 heterocycles. The van der Waals surface area contributed by atoms with Crippen molar-refractivity contribution in [2.75, 3.05) is 36.8 Å². The molecule has 0 radical (unpaired) electrons. The molecule has 2 aromatic carbocycles. The van der Waals surface area contributed by atoms with E-state index in [0.717, 1.165) is 47.5 Å². The van der Waals surface area contributed by atoms with Gasteiger partial charge in [-0.3, -0.25) is 4.79 Å². The highest BCUT2D eigenvalue weighted by Gasteiger charge is 2.21. The van der Waals surface area contributed by atoms with E-state index < -0.39 is 0 Å². The van der Waals surface area contributed by atoms with Gasteiger partial charge in [0.15, 0.2) is 10.2 Å². The van der Waals surface area contributed by atoms with Crippen LogP contribution in [0.15, 0.2) is 58.9 Å². The van der Waals surface area contributed by atoms with Crippen molar-refractivity contribution in [2.24, 2.45) is 0 Å². The molecule has 1 fully saturated rings. The molecule has 0 unspecified atom stereocenters. The Bertz CT molecular complexity index is 936. The van der Waals surface area contributed by atoms with Gasteiger partial charge in [0.2, 0.25) is 5.91 Å². The number of rotatable bonds is 5. The first-order valence-electron chi connectivity index (χ1n) is 9.31. The number of carbonyl (C=O) groups is 1. The summed E-state index contributed by atoms with van der Waals surface area (Å²) in [4.78, 5) is 21.5. The lowest BCUT2D eigenvalue weighted by Crippen LogP contribution is -2.49. The summed E-state index contributed by atoms with van der Waals surface area (Å²) in [5.41, 5.74) is 3.43. The number of amides is 1. The van der Waals surface area contributed by atoms with Crippen molar-refractivity contribution < 1.29 is 4.79 Å². The molecule has 28 heavy (non-hydrogen) atoms. The maximum Gasteiger partial charge on any atom is 0.233 e. The maximum absolute atomic E-state index is 12.6. The van der Waals surface area contributed by atoms with Gasteiger partial charge in [-0.2, -0.15) is 4.37 Å². The van der Waals surface area contributed by atoms with Gasteiger partial charge in [-0.05, 0) is 36.2 Å². The van der Waals surface area contributed by atoms with Crippen molar-refractivity contribution >= 4 is 34.9 Å². The fourth-order valence-corrected chi connectivity index (χ4v) is 4.78. The lowest BCUT2D eigenvalue weighted by Gasteiger charge is -2.36. The molecule has 7 heteroatoms. The van der Waals surface area contributed by atoms with Crippen LogP contribution in [-0.4, -0.2) is 52.1 Å². The van der Waals surface area contributed by atoms with Crippen LogP contribution in [0.2, 0.25) is 0 Å². The van der Waals surface area contributed by atoms with Gasteiger partial charge in [-0.15, -0.1) is 0 Å². The molecule has 1 amide bonds. The molecular formula is C21H22N4OS2. The van der Waals surface area contributed by atoms with Crippen molar-refractivity contribution in [3.05, 3.63) is 60.2 Å². The largest absolute Gasteiger partial charge is 0.368 e. The Hall–Kier alpha value is -2.38. The zero-order valence-electron chi connectivity index (χ0n) is 15.7. The third-order valence-electron chi connectivity index (χ3n) is 4.87. The minimum atomic E-state index is 0.172. The van der Waals surface area contributed by atoms with Crippen LogP contribution in [-0.2, 0) is 4.79 Å². The highest BCUT2D eigenvalue weighted by molar-refractivity contribution is 8.01. The highest BCUT2D eigenvalue weighted by Crippen LogP contribution is 2.27. The lowest BCUT2D eigenvalue weighted by atomic mass is 10.1. The molecule has 5 nitrogen and oxygen atoms in total. The van der Waals surface area contributed by atoms with Crippen LogP contribution in [0.3, 0.4) is 0 Å². The molecule has 0 aliphatic carbocycles. The topological polar surface area (TPSA) is 49.3 Å². The van der Waals surface area contributed by atoms with Crippen LogP contribution in [0.1, 0.15) is 5.56 Å². The van der Waals surface area contributed by atoms with E-state index in [2.05, 4.69) is 51.5 Å². The van der Waals surface area contributed by atoms with Crippen LogP contribution < -0.4 is 4.90 Å². The molecule has 1 aliphatic heterocycles. The monoisotopic (exact) mass is 410 g/mol. The van der Waals surface area contributed by atoms with E-state index in [-0.39, 0.29) is 5.91 Å². The fraction of sp³-hybridized carbons (Fsp3) is 0.286. The molecule has 0 bridgehead atoms. The number of aromatic nitrogens is 2. The van der Waals surface area contributed by atoms with E-state index >= 15 is 0 Å². The standard InChI is InChI=1S/C21H22N4OS2/c1-16-7-5-6-10-18(16)20-22-21(28-23-20)27-15-19(26)25-13-11-24(12-14-25)17-8-3-2-4-9-17/h2-10H,11-15H2,1H3. The predicted octanol–water partition coefficient (Wildman–Crippen LogP) is 3.95. The second kappa shape index (κ2) is 8.75. The fourth-order valence-electron chi connectivity index (χ4n) is 3.27. The van der Waals surface area contributed by atoms with Crippen molar-refractivity contribution in [1.82, 2.24) is 14.3 Å². The molecule has 144 valence electrons. The van der Waals surface area contributed by atoms with E-state index in [1.807, 2.05) is 29.2 Å². The lowest BCUT2D eigenvalue weighted by molar-refractivity contribution is -0.128. The molecule has 1 aliphatic rings. The maximum atomic E-state index is 12.6. The number of thioether (sulfide) groups is 1. The van der Waals surface area contributed by atoms with E-state index in [9.17, 15) is 4.79 Å². The number of benzene rings is 2. The van der Waals surface area contributed by atoms with E-state index in [4.69, 9.17) is 0 Å². The molecule has 0 atom stereocenters. The second-order valence-corrected chi connectivity index (χ2v) is 8.67. The summed E-state index contributed by atoms with van der Waals surface area (Å²) >= 11 is 2.84. The van der Waals surface area contributed by atoms with Crippen molar-refractivity contribution in [3.63, 3.8) is 0 Å². The third-order valence-corrected chi connectivity index (χ3v) is 6.68. The first-order valence-corrected chi connectivity index (χ1v) is 11.1. The molecule has 0 N–H and O–H groups in total.